The Labute approximate surface area is 125 Å². The van der Waals surface area contributed by atoms with Gasteiger partial charge in [0.25, 0.3) is 0 Å². The van der Waals surface area contributed by atoms with Gasteiger partial charge in [0.05, 0.1) is 0 Å². The summed E-state index contributed by atoms with van der Waals surface area (Å²) in [6.45, 7) is 7.30. The largest absolute Gasteiger partial charge is 0.335 e. The summed E-state index contributed by atoms with van der Waals surface area (Å²) in [7, 11) is 0. The predicted molar refractivity (Wildman–Crippen MR) is 85.3 cm³/mol. The lowest BCUT2D eigenvalue weighted by molar-refractivity contribution is 0.416. The monoisotopic (exact) mass is 285 g/mol. The molecule has 21 heavy (non-hydrogen) atoms. The molecule has 0 spiro atoms. The van der Waals surface area contributed by atoms with Crippen LogP contribution in [0.4, 0.5) is 5.95 Å². The zero-order chi connectivity index (χ0) is 15.0. The molecule has 2 heterocycles. The highest BCUT2D eigenvalue weighted by Gasteiger charge is 2.27. The summed E-state index contributed by atoms with van der Waals surface area (Å²) >= 11 is 0. The van der Waals surface area contributed by atoms with Gasteiger partial charge in [0, 0.05) is 24.2 Å². The Kier molecular flexibility index (Phi) is 3.68. The van der Waals surface area contributed by atoms with Crippen LogP contribution in [0.15, 0.2) is 18.2 Å². The third kappa shape index (κ3) is 2.65. The van der Waals surface area contributed by atoms with Crippen LogP contribution < -0.4 is 10.6 Å². The van der Waals surface area contributed by atoms with Crippen molar-refractivity contribution >= 4 is 5.95 Å². The second-order valence-electron chi connectivity index (χ2n) is 6.04. The number of benzene rings is 1. The minimum absolute atomic E-state index is 0.196. The van der Waals surface area contributed by atoms with Gasteiger partial charge in [-0.1, -0.05) is 17.7 Å². The number of nitrogens with two attached hydrogens (primary N) is 1. The van der Waals surface area contributed by atoms with E-state index < -0.39 is 0 Å². The van der Waals surface area contributed by atoms with Gasteiger partial charge in [-0.3, -0.25) is 5.10 Å². The number of H-pyrrole nitrogens is 1. The van der Waals surface area contributed by atoms with E-state index in [-0.39, 0.29) is 12.1 Å². The molecule has 0 aliphatic carbocycles. The lowest BCUT2D eigenvalue weighted by Gasteiger charge is -2.36. The summed E-state index contributed by atoms with van der Waals surface area (Å²) in [4.78, 5) is 6.90. The first kappa shape index (κ1) is 14.1. The molecule has 2 unspecified atom stereocenters. The topological polar surface area (TPSA) is 70.8 Å². The number of anilines is 1. The van der Waals surface area contributed by atoms with E-state index in [2.05, 4.69) is 54.1 Å². The molecule has 112 valence electrons. The van der Waals surface area contributed by atoms with Gasteiger partial charge in [0.15, 0.2) is 5.82 Å². The second-order valence-corrected chi connectivity index (χ2v) is 6.04. The van der Waals surface area contributed by atoms with Crippen molar-refractivity contribution in [3.63, 3.8) is 0 Å². The van der Waals surface area contributed by atoms with Crippen molar-refractivity contribution in [2.24, 2.45) is 5.73 Å². The minimum atomic E-state index is 0.196. The Morgan fingerprint density at radius 1 is 1.33 bits per heavy atom. The average Bonchev–Trinajstić information content (AvgIpc) is 2.94. The number of aryl methyl sites for hydroxylation is 2. The normalized spacial score (nSPS) is 22.6. The lowest BCUT2D eigenvalue weighted by Crippen LogP contribution is -2.50. The molecule has 0 bridgehead atoms. The van der Waals surface area contributed by atoms with E-state index in [1.165, 1.54) is 11.1 Å². The number of nitrogens with one attached hydrogen (secondary N) is 1. The molecule has 3 N–H and O–H groups in total. The highest BCUT2D eigenvalue weighted by Crippen LogP contribution is 2.25. The molecule has 1 fully saturated rings. The van der Waals surface area contributed by atoms with Crippen molar-refractivity contribution in [3.8, 4) is 11.4 Å². The van der Waals surface area contributed by atoms with Crippen molar-refractivity contribution in [2.45, 2.75) is 45.7 Å². The van der Waals surface area contributed by atoms with Crippen LogP contribution in [0.5, 0.6) is 0 Å². The Morgan fingerprint density at radius 3 is 2.95 bits per heavy atom. The van der Waals surface area contributed by atoms with Crippen LogP contribution in [0.2, 0.25) is 0 Å². The van der Waals surface area contributed by atoms with Gasteiger partial charge in [-0.05, 0) is 45.2 Å². The van der Waals surface area contributed by atoms with Crippen LogP contribution in [0.25, 0.3) is 11.4 Å². The maximum absolute atomic E-state index is 6.16. The van der Waals surface area contributed by atoms with Gasteiger partial charge in [0.1, 0.15) is 0 Å². The predicted octanol–water partition coefficient (Wildman–Crippen LogP) is 2.40. The molecular weight excluding hydrogens is 262 g/mol. The maximum atomic E-state index is 6.16. The first-order valence-electron chi connectivity index (χ1n) is 7.58. The quantitative estimate of drug-likeness (QED) is 0.889. The Hall–Kier alpha value is -1.88. The van der Waals surface area contributed by atoms with Crippen molar-refractivity contribution in [3.05, 3.63) is 29.3 Å². The minimum Gasteiger partial charge on any atom is -0.335 e. The van der Waals surface area contributed by atoms with E-state index in [1.54, 1.807) is 0 Å². The number of hydrogen-bond donors (Lipinski definition) is 2. The molecule has 1 saturated heterocycles. The molecular formula is C16H23N5. The summed E-state index contributed by atoms with van der Waals surface area (Å²) in [5, 5.41) is 7.49. The van der Waals surface area contributed by atoms with Gasteiger partial charge >= 0.3 is 0 Å². The van der Waals surface area contributed by atoms with Crippen molar-refractivity contribution in [1.29, 1.82) is 0 Å². The van der Waals surface area contributed by atoms with Gasteiger partial charge in [0.2, 0.25) is 5.95 Å². The standard InChI is InChI=1S/C16H23N5/c1-10-6-7-11(2)13(9-10)15-18-16(20-19-15)21-8-4-5-14(17)12(21)3/h6-7,9,12,14H,4-5,8,17H2,1-3H3,(H,18,19,20). The molecule has 1 aliphatic rings. The van der Waals surface area contributed by atoms with E-state index in [1.807, 2.05) is 0 Å². The molecule has 0 saturated carbocycles. The third-order valence-electron chi connectivity index (χ3n) is 4.43. The van der Waals surface area contributed by atoms with E-state index >= 15 is 0 Å². The van der Waals surface area contributed by atoms with E-state index in [0.29, 0.717) is 0 Å². The molecule has 0 amide bonds. The molecule has 1 aliphatic heterocycles. The third-order valence-corrected chi connectivity index (χ3v) is 4.43. The zero-order valence-electron chi connectivity index (χ0n) is 12.9. The summed E-state index contributed by atoms with van der Waals surface area (Å²) in [5.41, 5.74) is 9.70. The maximum Gasteiger partial charge on any atom is 0.245 e. The van der Waals surface area contributed by atoms with Crippen LogP contribution in [-0.4, -0.2) is 33.8 Å². The van der Waals surface area contributed by atoms with E-state index in [4.69, 9.17) is 10.7 Å². The van der Waals surface area contributed by atoms with Crippen molar-refractivity contribution < 1.29 is 0 Å². The second kappa shape index (κ2) is 5.48. The number of hydrogen-bond acceptors (Lipinski definition) is 4. The van der Waals surface area contributed by atoms with E-state index in [9.17, 15) is 0 Å². The van der Waals surface area contributed by atoms with Gasteiger partial charge < -0.3 is 10.6 Å². The Bertz CT molecular complexity index is 633. The highest BCUT2D eigenvalue weighted by molar-refractivity contribution is 5.62. The van der Waals surface area contributed by atoms with Crippen molar-refractivity contribution in [2.75, 3.05) is 11.4 Å². The zero-order valence-corrected chi connectivity index (χ0v) is 12.9. The first-order valence-corrected chi connectivity index (χ1v) is 7.58. The molecule has 2 aromatic rings. The first-order chi connectivity index (χ1) is 10.1. The average molecular weight is 285 g/mol. The van der Waals surface area contributed by atoms with Gasteiger partial charge in [-0.2, -0.15) is 4.98 Å². The molecule has 1 aromatic heterocycles. The van der Waals surface area contributed by atoms with Crippen LogP contribution in [0, 0.1) is 13.8 Å². The fourth-order valence-corrected chi connectivity index (χ4v) is 2.95. The molecule has 5 nitrogen and oxygen atoms in total. The van der Waals surface area contributed by atoms with Gasteiger partial charge in [-0.15, -0.1) is 5.10 Å². The SMILES string of the molecule is Cc1ccc(C)c(-c2nc(N3CCCC(N)C3C)n[nH]2)c1. The number of aromatic nitrogens is 3. The van der Waals surface area contributed by atoms with Gasteiger partial charge in [-0.25, -0.2) is 0 Å². The number of nitrogens with zero attached hydrogens (tertiary/aromatic N) is 3. The fraction of sp³-hybridized carbons (Fsp3) is 0.500. The van der Waals surface area contributed by atoms with Crippen molar-refractivity contribution in [1.82, 2.24) is 15.2 Å². The summed E-state index contributed by atoms with van der Waals surface area (Å²) in [6.07, 6.45) is 2.17. The Balaban J connectivity index is 1.91. The Morgan fingerprint density at radius 2 is 2.14 bits per heavy atom. The number of piperidine rings is 1. The molecule has 3 rings (SSSR count). The summed E-state index contributed by atoms with van der Waals surface area (Å²) in [6, 6.07) is 6.85. The summed E-state index contributed by atoms with van der Waals surface area (Å²) < 4.78 is 0. The highest BCUT2D eigenvalue weighted by atomic mass is 15.4. The smallest absolute Gasteiger partial charge is 0.245 e. The molecule has 5 heteroatoms. The van der Waals surface area contributed by atoms with E-state index in [0.717, 1.165) is 36.7 Å². The van der Waals surface area contributed by atoms with Crippen LogP contribution in [0.3, 0.4) is 0 Å². The van der Waals surface area contributed by atoms with Crippen LogP contribution in [-0.2, 0) is 0 Å². The van der Waals surface area contributed by atoms with Crippen LogP contribution >= 0.6 is 0 Å². The summed E-state index contributed by atoms with van der Waals surface area (Å²) in [5.74, 6) is 1.59. The number of aromatic amines is 1. The molecule has 2 atom stereocenters. The lowest BCUT2D eigenvalue weighted by atomic mass is 9.99. The fourth-order valence-electron chi connectivity index (χ4n) is 2.95. The molecule has 1 aromatic carbocycles. The number of rotatable bonds is 2. The molecule has 0 radical (unpaired) electrons. The van der Waals surface area contributed by atoms with Crippen LogP contribution in [0.1, 0.15) is 30.9 Å².